The van der Waals surface area contributed by atoms with Crippen LogP contribution in [0.15, 0.2) is 18.2 Å². The van der Waals surface area contributed by atoms with Gasteiger partial charge in [0.2, 0.25) is 0 Å². The molecule has 0 fully saturated rings. The van der Waals surface area contributed by atoms with Crippen LogP contribution in [0, 0.1) is 0 Å². The molecule has 0 saturated heterocycles. The highest BCUT2D eigenvalue weighted by Crippen LogP contribution is 2.40. The maximum atomic E-state index is 6.09. The number of hydrogen-bond donors (Lipinski definition) is 1. The van der Waals surface area contributed by atoms with Crippen molar-refractivity contribution in [3.8, 4) is 11.5 Å². The lowest BCUT2D eigenvalue weighted by Crippen LogP contribution is -2.38. The van der Waals surface area contributed by atoms with Crippen molar-refractivity contribution in [1.29, 1.82) is 0 Å². The number of fused-ring (bicyclic) bond motifs is 1. The van der Waals surface area contributed by atoms with Gasteiger partial charge in [-0.2, -0.15) is 0 Å². The molecule has 1 N–H and O–H groups in total. The van der Waals surface area contributed by atoms with Crippen molar-refractivity contribution < 1.29 is 14.2 Å². The van der Waals surface area contributed by atoms with Crippen LogP contribution in [0.4, 0.5) is 0 Å². The molecule has 0 spiro atoms. The first-order valence-corrected chi connectivity index (χ1v) is 7.66. The van der Waals surface area contributed by atoms with Gasteiger partial charge in [0, 0.05) is 24.1 Å². The summed E-state index contributed by atoms with van der Waals surface area (Å²) < 4.78 is 17.3. The predicted molar refractivity (Wildman–Crippen MR) is 84.1 cm³/mol. The summed E-state index contributed by atoms with van der Waals surface area (Å²) >= 11 is 0. The molecule has 0 bridgehead atoms. The number of rotatable bonds is 6. The molecular formula is C17H27NO3. The summed E-state index contributed by atoms with van der Waals surface area (Å²) in [6.07, 6.45) is 1.19. The Morgan fingerprint density at radius 2 is 2.10 bits per heavy atom. The maximum Gasteiger partial charge on any atom is 0.128 e. The summed E-state index contributed by atoms with van der Waals surface area (Å²) in [5.41, 5.74) is 1.03. The van der Waals surface area contributed by atoms with Gasteiger partial charge in [-0.25, -0.2) is 0 Å². The Bertz CT molecular complexity index is 471. The summed E-state index contributed by atoms with van der Waals surface area (Å²) in [6, 6.07) is 6.39. The van der Waals surface area contributed by atoms with Crippen molar-refractivity contribution in [3.05, 3.63) is 23.8 Å². The first-order valence-electron chi connectivity index (χ1n) is 7.66. The van der Waals surface area contributed by atoms with Crippen LogP contribution in [0.1, 0.15) is 45.7 Å². The standard InChI is InChI=1S/C17H27NO3/c1-12(2)19-8-9-20-13-6-7-14-15(18-5)11-17(3,4)21-16(14)10-13/h6-7,10,12,15,18H,8-9,11H2,1-5H3. The van der Waals surface area contributed by atoms with Crippen molar-refractivity contribution in [2.24, 2.45) is 0 Å². The monoisotopic (exact) mass is 293 g/mol. The average Bonchev–Trinajstić information content (AvgIpc) is 2.41. The highest BCUT2D eigenvalue weighted by Gasteiger charge is 2.33. The Labute approximate surface area is 127 Å². The number of benzene rings is 1. The normalized spacial score (nSPS) is 20.0. The second-order valence-electron chi connectivity index (χ2n) is 6.37. The molecular weight excluding hydrogens is 266 g/mol. The van der Waals surface area contributed by atoms with Gasteiger partial charge in [0.1, 0.15) is 23.7 Å². The van der Waals surface area contributed by atoms with E-state index in [9.17, 15) is 0 Å². The first-order chi connectivity index (χ1) is 9.91. The van der Waals surface area contributed by atoms with Gasteiger partial charge in [-0.3, -0.25) is 0 Å². The molecule has 1 aromatic carbocycles. The Hall–Kier alpha value is -1.26. The Balaban J connectivity index is 2.04. The largest absolute Gasteiger partial charge is 0.491 e. The maximum absolute atomic E-state index is 6.09. The molecule has 2 rings (SSSR count). The SMILES string of the molecule is CNC1CC(C)(C)Oc2cc(OCCOC(C)C)ccc21. The van der Waals surface area contributed by atoms with Gasteiger partial charge in [0.15, 0.2) is 0 Å². The Morgan fingerprint density at radius 1 is 1.33 bits per heavy atom. The summed E-state index contributed by atoms with van der Waals surface area (Å²) in [5.74, 6) is 1.74. The van der Waals surface area contributed by atoms with Crippen LogP contribution in [-0.4, -0.2) is 32.0 Å². The summed E-state index contributed by atoms with van der Waals surface area (Å²) in [6.45, 7) is 9.42. The van der Waals surface area contributed by atoms with E-state index in [2.05, 4.69) is 25.2 Å². The van der Waals surface area contributed by atoms with Crippen LogP contribution in [0.5, 0.6) is 11.5 Å². The van der Waals surface area contributed by atoms with E-state index in [1.807, 2.05) is 33.0 Å². The topological polar surface area (TPSA) is 39.7 Å². The molecule has 4 heteroatoms. The molecule has 1 heterocycles. The molecule has 0 aromatic heterocycles. The van der Waals surface area contributed by atoms with Gasteiger partial charge in [-0.15, -0.1) is 0 Å². The van der Waals surface area contributed by atoms with Gasteiger partial charge < -0.3 is 19.5 Å². The van der Waals surface area contributed by atoms with E-state index >= 15 is 0 Å². The van der Waals surface area contributed by atoms with E-state index in [1.54, 1.807) is 0 Å². The van der Waals surface area contributed by atoms with Crippen LogP contribution < -0.4 is 14.8 Å². The van der Waals surface area contributed by atoms with Gasteiger partial charge in [0.25, 0.3) is 0 Å². The average molecular weight is 293 g/mol. The minimum Gasteiger partial charge on any atom is -0.491 e. The lowest BCUT2D eigenvalue weighted by molar-refractivity contribution is 0.0539. The van der Waals surface area contributed by atoms with Crippen molar-refractivity contribution >= 4 is 0 Å². The summed E-state index contributed by atoms with van der Waals surface area (Å²) in [7, 11) is 1.99. The molecule has 0 saturated carbocycles. The molecule has 0 radical (unpaired) electrons. The zero-order chi connectivity index (χ0) is 15.5. The molecule has 1 aromatic rings. The van der Waals surface area contributed by atoms with Crippen molar-refractivity contribution in [2.75, 3.05) is 20.3 Å². The highest BCUT2D eigenvalue weighted by molar-refractivity contribution is 5.44. The van der Waals surface area contributed by atoms with Gasteiger partial charge in [-0.1, -0.05) is 6.07 Å². The summed E-state index contributed by atoms with van der Waals surface area (Å²) in [5, 5.41) is 3.36. The van der Waals surface area contributed by atoms with Gasteiger partial charge >= 0.3 is 0 Å². The van der Waals surface area contributed by atoms with Crippen molar-refractivity contribution in [1.82, 2.24) is 5.32 Å². The smallest absolute Gasteiger partial charge is 0.128 e. The van der Waals surface area contributed by atoms with Gasteiger partial charge in [0.05, 0.1) is 12.7 Å². The predicted octanol–water partition coefficient (Wildman–Crippen LogP) is 3.31. The Kier molecular flexibility index (Phi) is 5.12. The second-order valence-corrected chi connectivity index (χ2v) is 6.37. The third-order valence-electron chi connectivity index (χ3n) is 3.59. The van der Waals surface area contributed by atoms with Gasteiger partial charge in [-0.05, 0) is 40.8 Å². The Morgan fingerprint density at radius 3 is 2.76 bits per heavy atom. The fourth-order valence-electron chi connectivity index (χ4n) is 2.62. The molecule has 21 heavy (non-hydrogen) atoms. The van der Waals surface area contributed by atoms with Crippen LogP contribution in [0.3, 0.4) is 0 Å². The van der Waals surface area contributed by atoms with Crippen molar-refractivity contribution in [3.63, 3.8) is 0 Å². The van der Waals surface area contributed by atoms with E-state index in [1.165, 1.54) is 5.56 Å². The first kappa shape index (κ1) is 16.1. The third kappa shape index (κ3) is 4.35. The van der Waals surface area contributed by atoms with E-state index in [0.717, 1.165) is 17.9 Å². The molecule has 1 atom stereocenters. The molecule has 0 aliphatic carbocycles. The molecule has 4 nitrogen and oxygen atoms in total. The minimum atomic E-state index is -0.167. The number of nitrogens with one attached hydrogen (secondary N) is 1. The van der Waals surface area contributed by atoms with Crippen LogP contribution >= 0.6 is 0 Å². The van der Waals surface area contributed by atoms with E-state index in [0.29, 0.717) is 19.3 Å². The molecule has 1 aliphatic heterocycles. The zero-order valence-corrected chi connectivity index (χ0v) is 13.7. The fraction of sp³-hybridized carbons (Fsp3) is 0.647. The molecule has 1 aliphatic rings. The van der Waals surface area contributed by atoms with Crippen LogP contribution in [0.25, 0.3) is 0 Å². The fourth-order valence-corrected chi connectivity index (χ4v) is 2.62. The molecule has 1 unspecified atom stereocenters. The van der Waals surface area contributed by atoms with Crippen molar-refractivity contribution in [2.45, 2.75) is 51.9 Å². The quantitative estimate of drug-likeness (QED) is 0.817. The minimum absolute atomic E-state index is 0.167. The lowest BCUT2D eigenvalue weighted by Gasteiger charge is -2.37. The highest BCUT2D eigenvalue weighted by atomic mass is 16.5. The molecule has 118 valence electrons. The third-order valence-corrected chi connectivity index (χ3v) is 3.59. The van der Waals surface area contributed by atoms with E-state index in [4.69, 9.17) is 14.2 Å². The summed E-state index contributed by atoms with van der Waals surface area (Å²) in [4.78, 5) is 0. The van der Waals surface area contributed by atoms with E-state index in [-0.39, 0.29) is 11.7 Å². The van der Waals surface area contributed by atoms with E-state index < -0.39 is 0 Å². The lowest BCUT2D eigenvalue weighted by atomic mass is 9.90. The van der Waals surface area contributed by atoms with Crippen LogP contribution in [0.2, 0.25) is 0 Å². The number of hydrogen-bond acceptors (Lipinski definition) is 4. The zero-order valence-electron chi connectivity index (χ0n) is 13.7. The molecule has 0 amide bonds. The number of ether oxygens (including phenoxy) is 3. The second kappa shape index (κ2) is 6.67. The van der Waals surface area contributed by atoms with Crippen LogP contribution in [-0.2, 0) is 4.74 Å².